The lowest BCUT2D eigenvalue weighted by Gasteiger charge is -2.38. The van der Waals surface area contributed by atoms with Crippen LogP contribution in [-0.4, -0.2) is 25.7 Å². The number of fused-ring (bicyclic) bond motifs is 1. The molecule has 2 aliphatic carbocycles. The van der Waals surface area contributed by atoms with Gasteiger partial charge in [0.05, 0.1) is 13.7 Å². The molecule has 0 amide bonds. The Morgan fingerprint density at radius 3 is 2.90 bits per heavy atom. The van der Waals surface area contributed by atoms with E-state index in [9.17, 15) is 4.79 Å². The standard InChI is InChI=1S/C17H23NO3/c1-3-21-16(19)17(18-13-6-7-13)10-4-5-12-11-14(20-2)8-9-15(12)17/h8-9,11,13,18H,3-7,10H2,1-2H3. The quantitative estimate of drug-likeness (QED) is 0.846. The summed E-state index contributed by atoms with van der Waals surface area (Å²) in [6.45, 7) is 2.28. The fourth-order valence-electron chi connectivity index (χ4n) is 3.25. The lowest BCUT2D eigenvalue weighted by molar-refractivity contribution is -0.152. The highest BCUT2D eigenvalue weighted by Gasteiger charge is 2.47. The van der Waals surface area contributed by atoms with Gasteiger partial charge in [0.2, 0.25) is 0 Å². The molecule has 0 aromatic heterocycles. The lowest BCUT2D eigenvalue weighted by Crippen LogP contribution is -2.53. The summed E-state index contributed by atoms with van der Waals surface area (Å²) in [5.41, 5.74) is 1.60. The van der Waals surface area contributed by atoms with Crippen LogP contribution in [0.5, 0.6) is 5.75 Å². The Labute approximate surface area is 125 Å². The van der Waals surface area contributed by atoms with Gasteiger partial charge in [-0.15, -0.1) is 0 Å². The van der Waals surface area contributed by atoms with E-state index in [0.29, 0.717) is 12.6 Å². The maximum atomic E-state index is 12.7. The third kappa shape index (κ3) is 2.64. The van der Waals surface area contributed by atoms with Gasteiger partial charge in [0.1, 0.15) is 11.3 Å². The first kappa shape index (κ1) is 14.4. The van der Waals surface area contributed by atoms with E-state index in [1.165, 1.54) is 5.56 Å². The van der Waals surface area contributed by atoms with Gasteiger partial charge in [0.15, 0.2) is 0 Å². The molecule has 0 saturated heterocycles. The summed E-state index contributed by atoms with van der Waals surface area (Å²) in [5, 5.41) is 3.57. The smallest absolute Gasteiger partial charge is 0.331 e. The number of carbonyl (C=O) groups is 1. The number of aryl methyl sites for hydroxylation is 1. The topological polar surface area (TPSA) is 47.6 Å². The minimum atomic E-state index is -0.670. The van der Waals surface area contributed by atoms with Gasteiger partial charge in [-0.25, -0.2) is 4.79 Å². The fraction of sp³-hybridized carbons (Fsp3) is 0.588. The number of carbonyl (C=O) groups excluding carboxylic acids is 1. The molecule has 1 atom stereocenters. The molecular formula is C17H23NO3. The highest BCUT2D eigenvalue weighted by atomic mass is 16.5. The SMILES string of the molecule is CCOC(=O)C1(NC2CC2)CCCc2cc(OC)ccc21. The van der Waals surface area contributed by atoms with E-state index >= 15 is 0 Å². The number of ether oxygens (including phenoxy) is 2. The van der Waals surface area contributed by atoms with Gasteiger partial charge >= 0.3 is 5.97 Å². The lowest BCUT2D eigenvalue weighted by atomic mass is 9.76. The molecule has 0 aliphatic heterocycles. The van der Waals surface area contributed by atoms with Crippen molar-refractivity contribution in [2.45, 2.75) is 50.6 Å². The van der Waals surface area contributed by atoms with Crippen molar-refractivity contribution in [3.05, 3.63) is 29.3 Å². The highest BCUT2D eigenvalue weighted by Crippen LogP contribution is 2.40. The zero-order valence-electron chi connectivity index (χ0n) is 12.8. The predicted octanol–water partition coefficient (Wildman–Crippen LogP) is 2.54. The third-order valence-corrected chi connectivity index (χ3v) is 4.42. The first-order valence-electron chi connectivity index (χ1n) is 7.82. The molecule has 1 saturated carbocycles. The summed E-state index contributed by atoms with van der Waals surface area (Å²) >= 11 is 0. The maximum absolute atomic E-state index is 12.7. The Balaban J connectivity index is 2.02. The minimum absolute atomic E-state index is 0.136. The van der Waals surface area contributed by atoms with Crippen molar-refractivity contribution >= 4 is 5.97 Å². The second-order valence-electron chi connectivity index (χ2n) is 5.92. The molecular weight excluding hydrogens is 266 g/mol. The minimum Gasteiger partial charge on any atom is -0.497 e. The molecule has 0 spiro atoms. The van der Waals surface area contributed by atoms with Gasteiger partial charge in [-0.3, -0.25) is 5.32 Å². The van der Waals surface area contributed by atoms with Crippen LogP contribution in [-0.2, 0) is 21.5 Å². The second-order valence-corrected chi connectivity index (χ2v) is 5.92. The Kier molecular flexibility index (Phi) is 3.89. The Bertz CT molecular complexity index is 539. The molecule has 4 nitrogen and oxygen atoms in total. The summed E-state index contributed by atoms with van der Waals surface area (Å²) in [4.78, 5) is 12.7. The second kappa shape index (κ2) is 5.68. The largest absolute Gasteiger partial charge is 0.497 e. The molecule has 3 rings (SSSR count). The van der Waals surface area contributed by atoms with Crippen LogP contribution in [0.4, 0.5) is 0 Å². The molecule has 1 aromatic rings. The summed E-state index contributed by atoms with van der Waals surface area (Å²) in [6, 6.07) is 6.46. The molecule has 1 aromatic carbocycles. The van der Waals surface area contributed by atoms with Crippen molar-refractivity contribution in [2.75, 3.05) is 13.7 Å². The molecule has 1 unspecified atom stereocenters. The van der Waals surface area contributed by atoms with Gasteiger partial charge < -0.3 is 9.47 Å². The Hall–Kier alpha value is -1.55. The van der Waals surface area contributed by atoms with Gasteiger partial charge in [-0.05, 0) is 62.3 Å². The highest BCUT2D eigenvalue weighted by molar-refractivity contribution is 5.84. The number of benzene rings is 1. The summed E-state index contributed by atoms with van der Waals surface area (Å²) < 4.78 is 10.7. The van der Waals surface area contributed by atoms with E-state index in [2.05, 4.69) is 11.4 Å². The number of hydrogen-bond acceptors (Lipinski definition) is 4. The van der Waals surface area contributed by atoms with E-state index in [0.717, 1.165) is 43.4 Å². The molecule has 4 heteroatoms. The van der Waals surface area contributed by atoms with Crippen molar-refractivity contribution in [1.29, 1.82) is 0 Å². The van der Waals surface area contributed by atoms with Crippen LogP contribution < -0.4 is 10.1 Å². The van der Waals surface area contributed by atoms with E-state index in [1.807, 2.05) is 19.1 Å². The average Bonchev–Trinajstić information content (AvgIpc) is 3.31. The summed E-state index contributed by atoms with van der Waals surface area (Å²) in [6.07, 6.45) is 5.07. The number of rotatable bonds is 5. The van der Waals surface area contributed by atoms with Crippen LogP contribution in [0, 0.1) is 0 Å². The molecule has 0 heterocycles. The Morgan fingerprint density at radius 1 is 1.43 bits per heavy atom. The molecule has 2 aliphatic rings. The first-order valence-corrected chi connectivity index (χ1v) is 7.82. The van der Waals surface area contributed by atoms with E-state index < -0.39 is 5.54 Å². The predicted molar refractivity (Wildman–Crippen MR) is 80.4 cm³/mol. The van der Waals surface area contributed by atoms with E-state index in [1.54, 1.807) is 7.11 Å². The van der Waals surface area contributed by atoms with Gasteiger partial charge in [-0.2, -0.15) is 0 Å². The number of methoxy groups -OCH3 is 1. The van der Waals surface area contributed by atoms with Crippen LogP contribution in [0.3, 0.4) is 0 Å². The van der Waals surface area contributed by atoms with Crippen molar-refractivity contribution in [3.8, 4) is 5.75 Å². The zero-order valence-corrected chi connectivity index (χ0v) is 12.8. The van der Waals surface area contributed by atoms with Crippen molar-refractivity contribution in [1.82, 2.24) is 5.32 Å². The molecule has 1 fully saturated rings. The van der Waals surface area contributed by atoms with Gasteiger partial charge in [0.25, 0.3) is 0 Å². The van der Waals surface area contributed by atoms with Crippen LogP contribution in [0.15, 0.2) is 18.2 Å². The van der Waals surface area contributed by atoms with Crippen LogP contribution in [0.2, 0.25) is 0 Å². The van der Waals surface area contributed by atoms with Gasteiger partial charge in [-0.1, -0.05) is 6.07 Å². The van der Waals surface area contributed by atoms with Crippen LogP contribution >= 0.6 is 0 Å². The fourth-order valence-corrected chi connectivity index (χ4v) is 3.25. The first-order chi connectivity index (χ1) is 10.2. The van der Waals surface area contributed by atoms with Crippen LogP contribution in [0.1, 0.15) is 43.7 Å². The van der Waals surface area contributed by atoms with E-state index in [-0.39, 0.29) is 5.97 Å². The number of esters is 1. The average molecular weight is 289 g/mol. The number of hydrogen-bond donors (Lipinski definition) is 1. The third-order valence-electron chi connectivity index (χ3n) is 4.42. The molecule has 0 bridgehead atoms. The summed E-state index contributed by atoms with van der Waals surface area (Å²) in [5.74, 6) is 0.711. The zero-order chi connectivity index (χ0) is 14.9. The molecule has 114 valence electrons. The van der Waals surface area contributed by atoms with Crippen molar-refractivity contribution in [2.24, 2.45) is 0 Å². The van der Waals surface area contributed by atoms with Gasteiger partial charge in [0, 0.05) is 6.04 Å². The van der Waals surface area contributed by atoms with E-state index in [4.69, 9.17) is 9.47 Å². The van der Waals surface area contributed by atoms with Crippen molar-refractivity contribution < 1.29 is 14.3 Å². The normalized spacial score (nSPS) is 24.3. The molecule has 21 heavy (non-hydrogen) atoms. The Morgan fingerprint density at radius 2 is 2.24 bits per heavy atom. The number of nitrogens with one attached hydrogen (secondary N) is 1. The monoisotopic (exact) mass is 289 g/mol. The van der Waals surface area contributed by atoms with Crippen LogP contribution in [0.25, 0.3) is 0 Å². The van der Waals surface area contributed by atoms with Crippen molar-refractivity contribution in [3.63, 3.8) is 0 Å². The summed E-state index contributed by atoms with van der Waals surface area (Å²) in [7, 11) is 1.67. The molecule has 1 N–H and O–H groups in total. The molecule has 0 radical (unpaired) electrons. The maximum Gasteiger partial charge on any atom is 0.331 e.